The SMILES string of the molecule is Cc1ccc(-n2c(SCC(=O)N/N=C\c3cccc(Cl)c3)nnc2-c2ccccc2)cc1. The average Bonchev–Trinajstić information content (AvgIpc) is 3.23. The summed E-state index contributed by atoms with van der Waals surface area (Å²) in [6.07, 6.45) is 1.55. The Morgan fingerprint density at radius 2 is 1.84 bits per heavy atom. The van der Waals surface area contributed by atoms with Crippen LogP contribution in [0.25, 0.3) is 17.1 Å². The van der Waals surface area contributed by atoms with Gasteiger partial charge in [-0.3, -0.25) is 9.36 Å². The van der Waals surface area contributed by atoms with Crippen molar-refractivity contribution in [3.8, 4) is 17.1 Å². The van der Waals surface area contributed by atoms with E-state index in [4.69, 9.17) is 11.6 Å². The third kappa shape index (κ3) is 5.43. The highest BCUT2D eigenvalue weighted by molar-refractivity contribution is 7.99. The van der Waals surface area contributed by atoms with Crippen LogP contribution in [0.3, 0.4) is 0 Å². The molecular weight excluding hydrogens is 442 g/mol. The van der Waals surface area contributed by atoms with Crippen LogP contribution in [0.1, 0.15) is 11.1 Å². The average molecular weight is 462 g/mol. The Balaban J connectivity index is 1.50. The number of aryl methyl sites for hydroxylation is 1. The zero-order valence-electron chi connectivity index (χ0n) is 17.3. The molecule has 8 heteroatoms. The minimum Gasteiger partial charge on any atom is -0.272 e. The number of hydrazone groups is 1. The number of hydrogen-bond donors (Lipinski definition) is 1. The maximum absolute atomic E-state index is 12.3. The van der Waals surface area contributed by atoms with Gasteiger partial charge in [-0.25, -0.2) is 5.43 Å². The number of hydrogen-bond acceptors (Lipinski definition) is 5. The highest BCUT2D eigenvalue weighted by atomic mass is 35.5. The molecule has 0 unspecified atom stereocenters. The van der Waals surface area contributed by atoms with Crippen LogP contribution in [0.5, 0.6) is 0 Å². The zero-order valence-corrected chi connectivity index (χ0v) is 18.8. The topological polar surface area (TPSA) is 72.2 Å². The summed E-state index contributed by atoms with van der Waals surface area (Å²) in [4.78, 5) is 12.3. The molecule has 0 saturated heterocycles. The summed E-state index contributed by atoms with van der Waals surface area (Å²) in [5.41, 5.74) is 6.38. The fourth-order valence-electron chi connectivity index (χ4n) is 2.99. The second-order valence-electron chi connectivity index (χ2n) is 6.98. The van der Waals surface area contributed by atoms with Crippen LogP contribution in [-0.2, 0) is 4.79 Å². The lowest BCUT2D eigenvalue weighted by atomic mass is 10.2. The van der Waals surface area contributed by atoms with Crippen molar-refractivity contribution < 1.29 is 4.79 Å². The van der Waals surface area contributed by atoms with E-state index < -0.39 is 0 Å². The van der Waals surface area contributed by atoms with Gasteiger partial charge in [0.05, 0.1) is 12.0 Å². The molecule has 0 radical (unpaired) electrons. The van der Waals surface area contributed by atoms with Gasteiger partial charge in [-0.1, -0.05) is 83.5 Å². The Bertz CT molecular complexity index is 1240. The molecule has 32 heavy (non-hydrogen) atoms. The summed E-state index contributed by atoms with van der Waals surface area (Å²) in [7, 11) is 0. The summed E-state index contributed by atoms with van der Waals surface area (Å²) >= 11 is 7.26. The van der Waals surface area contributed by atoms with E-state index in [1.54, 1.807) is 18.3 Å². The number of nitrogens with zero attached hydrogens (tertiary/aromatic N) is 4. The predicted molar refractivity (Wildman–Crippen MR) is 129 cm³/mol. The van der Waals surface area contributed by atoms with Gasteiger partial charge in [0.2, 0.25) is 0 Å². The summed E-state index contributed by atoms with van der Waals surface area (Å²) in [5, 5.41) is 14.0. The Hall–Kier alpha value is -3.42. The number of carbonyl (C=O) groups is 1. The number of amides is 1. The van der Waals surface area contributed by atoms with Crippen LogP contribution < -0.4 is 5.43 Å². The van der Waals surface area contributed by atoms with E-state index in [-0.39, 0.29) is 11.7 Å². The summed E-state index contributed by atoms with van der Waals surface area (Å²) < 4.78 is 1.96. The lowest BCUT2D eigenvalue weighted by Gasteiger charge is -2.10. The molecule has 0 aliphatic rings. The van der Waals surface area contributed by atoms with Gasteiger partial charge >= 0.3 is 0 Å². The molecule has 0 fully saturated rings. The van der Waals surface area contributed by atoms with Gasteiger partial charge in [-0.05, 0) is 36.8 Å². The number of carbonyl (C=O) groups excluding carboxylic acids is 1. The van der Waals surface area contributed by atoms with E-state index in [2.05, 4.69) is 20.7 Å². The molecule has 4 rings (SSSR count). The fourth-order valence-corrected chi connectivity index (χ4v) is 3.94. The second kappa shape index (κ2) is 10.3. The molecular formula is C24H20ClN5OS. The highest BCUT2D eigenvalue weighted by Crippen LogP contribution is 2.28. The molecule has 160 valence electrons. The van der Waals surface area contributed by atoms with Gasteiger partial charge in [0, 0.05) is 16.3 Å². The maximum atomic E-state index is 12.3. The van der Waals surface area contributed by atoms with Gasteiger partial charge in [0.25, 0.3) is 5.91 Å². The van der Waals surface area contributed by atoms with Crippen LogP contribution in [-0.4, -0.2) is 32.6 Å². The number of aromatic nitrogens is 3. The number of nitrogens with one attached hydrogen (secondary N) is 1. The molecule has 1 amide bonds. The van der Waals surface area contributed by atoms with Crippen LogP contribution >= 0.6 is 23.4 Å². The number of benzene rings is 3. The molecule has 1 aromatic heterocycles. The molecule has 6 nitrogen and oxygen atoms in total. The van der Waals surface area contributed by atoms with Crippen molar-refractivity contribution in [3.63, 3.8) is 0 Å². The molecule has 1 N–H and O–H groups in total. The Morgan fingerprint density at radius 1 is 1.06 bits per heavy atom. The van der Waals surface area contributed by atoms with Crippen molar-refractivity contribution >= 4 is 35.5 Å². The molecule has 0 atom stereocenters. The largest absolute Gasteiger partial charge is 0.272 e. The van der Waals surface area contributed by atoms with E-state index in [0.717, 1.165) is 28.2 Å². The second-order valence-corrected chi connectivity index (χ2v) is 8.36. The zero-order chi connectivity index (χ0) is 22.3. The molecule has 4 aromatic rings. The predicted octanol–water partition coefficient (Wildman–Crippen LogP) is 5.14. The molecule has 0 saturated carbocycles. The standard InChI is InChI=1S/C24H20ClN5OS/c1-17-10-12-21(13-11-17)30-23(19-7-3-2-4-8-19)28-29-24(30)32-16-22(31)27-26-15-18-6-5-9-20(25)14-18/h2-15H,16H2,1H3,(H,27,31)/b26-15-. The molecule has 1 heterocycles. The molecule has 0 bridgehead atoms. The van der Waals surface area contributed by atoms with Crippen molar-refractivity contribution in [3.05, 3.63) is 95.0 Å². The van der Waals surface area contributed by atoms with Crippen molar-refractivity contribution in [1.29, 1.82) is 0 Å². The van der Waals surface area contributed by atoms with Gasteiger partial charge in [0.15, 0.2) is 11.0 Å². The first-order valence-corrected chi connectivity index (χ1v) is 11.2. The van der Waals surface area contributed by atoms with Gasteiger partial charge in [-0.15, -0.1) is 10.2 Å². The molecule has 3 aromatic carbocycles. The van der Waals surface area contributed by atoms with E-state index in [0.29, 0.717) is 10.2 Å². The Labute approximate surface area is 195 Å². The third-order valence-corrected chi connectivity index (χ3v) is 5.71. The monoisotopic (exact) mass is 461 g/mol. The smallest absolute Gasteiger partial charge is 0.250 e. The fraction of sp³-hybridized carbons (Fsp3) is 0.0833. The lowest BCUT2D eigenvalue weighted by Crippen LogP contribution is -2.20. The van der Waals surface area contributed by atoms with Crippen LogP contribution in [0.15, 0.2) is 89.1 Å². The van der Waals surface area contributed by atoms with Crippen LogP contribution in [0, 0.1) is 6.92 Å². The summed E-state index contributed by atoms with van der Waals surface area (Å²) in [5.74, 6) is 0.621. The third-order valence-electron chi connectivity index (χ3n) is 4.54. The highest BCUT2D eigenvalue weighted by Gasteiger charge is 2.17. The van der Waals surface area contributed by atoms with Gasteiger partial charge in [0.1, 0.15) is 0 Å². The van der Waals surface area contributed by atoms with Crippen molar-refractivity contribution in [2.24, 2.45) is 5.10 Å². The first-order valence-electron chi connectivity index (χ1n) is 9.88. The van der Waals surface area contributed by atoms with Crippen LogP contribution in [0.4, 0.5) is 0 Å². The molecule has 0 aliphatic heterocycles. The number of rotatable bonds is 7. The quantitative estimate of drug-likeness (QED) is 0.235. The number of halogens is 1. The minimum atomic E-state index is -0.243. The maximum Gasteiger partial charge on any atom is 0.250 e. The van der Waals surface area contributed by atoms with E-state index in [1.807, 2.05) is 78.2 Å². The van der Waals surface area contributed by atoms with Gasteiger partial charge < -0.3 is 0 Å². The number of thioether (sulfide) groups is 1. The van der Waals surface area contributed by atoms with E-state index in [1.165, 1.54) is 11.8 Å². The van der Waals surface area contributed by atoms with E-state index in [9.17, 15) is 4.79 Å². The van der Waals surface area contributed by atoms with Crippen LogP contribution in [0.2, 0.25) is 5.02 Å². The molecule has 0 spiro atoms. The minimum absolute atomic E-state index is 0.145. The van der Waals surface area contributed by atoms with Crippen molar-refractivity contribution in [2.75, 3.05) is 5.75 Å². The first-order chi connectivity index (χ1) is 15.6. The summed E-state index contributed by atoms with van der Waals surface area (Å²) in [6.45, 7) is 2.04. The van der Waals surface area contributed by atoms with Gasteiger partial charge in [-0.2, -0.15) is 5.10 Å². The first kappa shape index (κ1) is 21.8. The van der Waals surface area contributed by atoms with Crippen molar-refractivity contribution in [1.82, 2.24) is 20.2 Å². The van der Waals surface area contributed by atoms with Crippen molar-refractivity contribution in [2.45, 2.75) is 12.1 Å². The summed E-state index contributed by atoms with van der Waals surface area (Å²) in [6, 6.07) is 25.2. The normalized spacial score (nSPS) is 11.1. The molecule has 0 aliphatic carbocycles. The Kier molecular flexibility index (Phi) is 6.99. The van der Waals surface area contributed by atoms with E-state index >= 15 is 0 Å². The lowest BCUT2D eigenvalue weighted by molar-refractivity contribution is -0.118. The Morgan fingerprint density at radius 3 is 2.59 bits per heavy atom.